The minimum absolute atomic E-state index is 0.312. The first-order chi connectivity index (χ1) is 14.9. The number of fused-ring (bicyclic) bond motifs is 3. The lowest BCUT2D eigenvalue weighted by Crippen LogP contribution is -2.39. The molecule has 1 aliphatic heterocycles. The number of amides is 1. The number of benzene rings is 1. The third-order valence-corrected chi connectivity index (χ3v) is 8.38. The van der Waals surface area contributed by atoms with E-state index >= 15 is 0 Å². The summed E-state index contributed by atoms with van der Waals surface area (Å²) in [5.41, 5.74) is 0.707. The van der Waals surface area contributed by atoms with Gasteiger partial charge in [-0.3, -0.25) is 4.90 Å². The van der Waals surface area contributed by atoms with Gasteiger partial charge in [-0.2, -0.15) is 0 Å². The van der Waals surface area contributed by atoms with Crippen LogP contribution >= 0.6 is 11.3 Å². The van der Waals surface area contributed by atoms with Gasteiger partial charge in [0.1, 0.15) is 22.9 Å². The first-order valence-corrected chi connectivity index (χ1v) is 12.7. The molecule has 0 spiro atoms. The Morgan fingerprint density at radius 2 is 1.94 bits per heavy atom. The van der Waals surface area contributed by atoms with Crippen molar-refractivity contribution in [1.82, 2.24) is 8.87 Å². The molecule has 0 bridgehead atoms. The van der Waals surface area contributed by atoms with Gasteiger partial charge in [-0.05, 0) is 65.8 Å². The lowest BCUT2D eigenvalue weighted by molar-refractivity contribution is 0.0168. The van der Waals surface area contributed by atoms with Gasteiger partial charge in [0, 0.05) is 26.9 Å². The summed E-state index contributed by atoms with van der Waals surface area (Å²) in [4.78, 5) is 16.5. The zero-order chi connectivity index (χ0) is 23.4. The summed E-state index contributed by atoms with van der Waals surface area (Å²) in [6, 6.07) is 6.68. The average Bonchev–Trinajstić information content (AvgIpc) is 3.21. The van der Waals surface area contributed by atoms with Crippen LogP contribution in [0.25, 0.3) is 10.9 Å². The monoisotopic (exact) mass is 476 g/mol. The van der Waals surface area contributed by atoms with E-state index < -0.39 is 21.7 Å². The number of carbonyl (C=O) groups excluding carboxylic acids is 1. The van der Waals surface area contributed by atoms with Crippen molar-refractivity contribution in [2.24, 2.45) is 0 Å². The molecular weight excluding hydrogens is 448 g/mol. The first-order valence-electron chi connectivity index (χ1n) is 10.5. The number of carbonyl (C=O) groups is 1. The standard InChI is InChI=1S/C23H28N2O5S2/c1-14-13-20(16(3)31-14)32(27,28)25-10-9-17-18(25)7-8-19-21(17)15(2)24(11-12-29-19)22(26)30-23(4,5)6/h7-10,13,15H,11-12H2,1-6H3. The molecule has 32 heavy (non-hydrogen) atoms. The van der Waals surface area contributed by atoms with Crippen molar-refractivity contribution in [2.75, 3.05) is 13.2 Å². The molecule has 0 radical (unpaired) electrons. The number of rotatable bonds is 2. The molecule has 2 aromatic heterocycles. The number of aryl methyl sites for hydroxylation is 2. The average molecular weight is 477 g/mol. The van der Waals surface area contributed by atoms with E-state index in [0.717, 1.165) is 20.7 Å². The quantitative estimate of drug-likeness (QED) is 0.505. The Morgan fingerprint density at radius 3 is 2.56 bits per heavy atom. The number of ether oxygens (including phenoxy) is 2. The molecule has 3 heterocycles. The second-order valence-corrected chi connectivity index (χ2v) is 12.2. The van der Waals surface area contributed by atoms with Gasteiger partial charge in [0.15, 0.2) is 0 Å². The molecule has 1 aliphatic rings. The second-order valence-electron chi connectivity index (χ2n) is 9.00. The lowest BCUT2D eigenvalue weighted by atomic mass is 10.0. The molecule has 0 aliphatic carbocycles. The maximum atomic E-state index is 13.4. The second kappa shape index (κ2) is 7.81. The van der Waals surface area contributed by atoms with Gasteiger partial charge in [-0.15, -0.1) is 11.3 Å². The van der Waals surface area contributed by atoms with Gasteiger partial charge in [-0.25, -0.2) is 17.2 Å². The molecule has 0 saturated heterocycles. The van der Waals surface area contributed by atoms with Gasteiger partial charge >= 0.3 is 6.09 Å². The van der Waals surface area contributed by atoms with Crippen molar-refractivity contribution in [1.29, 1.82) is 0 Å². The van der Waals surface area contributed by atoms with Crippen LogP contribution in [0.2, 0.25) is 0 Å². The zero-order valence-corrected chi connectivity index (χ0v) is 20.8. The molecule has 1 aromatic carbocycles. The van der Waals surface area contributed by atoms with Crippen molar-refractivity contribution in [3.8, 4) is 5.75 Å². The van der Waals surface area contributed by atoms with E-state index in [1.165, 1.54) is 15.3 Å². The summed E-state index contributed by atoms with van der Waals surface area (Å²) in [7, 11) is -3.76. The molecular formula is C23H28N2O5S2. The molecule has 172 valence electrons. The molecule has 4 rings (SSSR count). The fourth-order valence-corrected chi connectivity index (χ4v) is 6.98. The van der Waals surface area contributed by atoms with Crippen LogP contribution in [0, 0.1) is 13.8 Å². The number of aromatic nitrogens is 1. The Balaban J connectivity index is 1.82. The maximum absolute atomic E-state index is 13.4. The van der Waals surface area contributed by atoms with Crippen LogP contribution in [0.15, 0.2) is 35.4 Å². The fourth-order valence-electron chi connectivity index (χ4n) is 4.10. The Hall–Kier alpha value is -2.52. The highest BCUT2D eigenvalue weighted by Crippen LogP contribution is 2.40. The van der Waals surface area contributed by atoms with E-state index in [1.54, 1.807) is 35.4 Å². The summed E-state index contributed by atoms with van der Waals surface area (Å²) in [6.45, 7) is 11.8. The Morgan fingerprint density at radius 1 is 1.22 bits per heavy atom. The van der Waals surface area contributed by atoms with Crippen molar-refractivity contribution in [3.63, 3.8) is 0 Å². The SMILES string of the molecule is Cc1cc(S(=O)(=O)n2ccc3c4c(ccc32)OCCN(C(=O)OC(C)(C)C)C4C)c(C)s1. The van der Waals surface area contributed by atoms with Crippen molar-refractivity contribution in [2.45, 2.75) is 58.1 Å². The summed E-state index contributed by atoms with van der Waals surface area (Å²) < 4.78 is 39.7. The van der Waals surface area contributed by atoms with Gasteiger partial charge in [0.25, 0.3) is 10.0 Å². The topological polar surface area (TPSA) is 77.8 Å². The Bertz CT molecular complexity index is 1300. The van der Waals surface area contributed by atoms with Crippen molar-refractivity contribution < 1.29 is 22.7 Å². The fraction of sp³-hybridized carbons (Fsp3) is 0.435. The smallest absolute Gasteiger partial charge is 0.410 e. The minimum atomic E-state index is -3.76. The van der Waals surface area contributed by atoms with Gasteiger partial charge in [-0.1, -0.05) is 0 Å². The highest BCUT2D eigenvalue weighted by molar-refractivity contribution is 7.90. The molecule has 1 unspecified atom stereocenters. The van der Waals surface area contributed by atoms with E-state index in [2.05, 4.69) is 0 Å². The number of nitrogens with zero attached hydrogens (tertiary/aromatic N) is 2. The van der Waals surface area contributed by atoms with Gasteiger partial charge < -0.3 is 9.47 Å². The normalized spacial score (nSPS) is 17.1. The summed E-state index contributed by atoms with van der Waals surface area (Å²) in [6.07, 6.45) is 1.15. The zero-order valence-electron chi connectivity index (χ0n) is 19.1. The first kappa shape index (κ1) is 22.7. The molecule has 7 nitrogen and oxygen atoms in total. The highest BCUT2D eigenvalue weighted by Gasteiger charge is 2.33. The van der Waals surface area contributed by atoms with E-state index in [-0.39, 0.29) is 6.04 Å². The van der Waals surface area contributed by atoms with Crippen LogP contribution in [-0.2, 0) is 14.8 Å². The van der Waals surface area contributed by atoms with E-state index in [1.807, 2.05) is 41.5 Å². The molecule has 3 aromatic rings. The van der Waals surface area contributed by atoms with Crippen molar-refractivity contribution in [3.05, 3.63) is 45.8 Å². The van der Waals surface area contributed by atoms with E-state index in [9.17, 15) is 13.2 Å². The summed E-state index contributed by atoms with van der Waals surface area (Å²) in [5.74, 6) is 0.647. The Kier molecular flexibility index (Phi) is 5.53. The molecule has 9 heteroatoms. The summed E-state index contributed by atoms with van der Waals surface area (Å²) in [5, 5.41) is 0.735. The van der Waals surface area contributed by atoms with Gasteiger partial charge in [0.2, 0.25) is 0 Å². The number of hydrogen-bond donors (Lipinski definition) is 0. The third-order valence-electron chi connectivity index (χ3n) is 5.47. The van der Waals surface area contributed by atoms with Crippen molar-refractivity contribution >= 4 is 38.4 Å². The van der Waals surface area contributed by atoms with E-state index in [4.69, 9.17) is 9.47 Å². The number of thiophene rings is 1. The lowest BCUT2D eigenvalue weighted by Gasteiger charge is -2.30. The van der Waals surface area contributed by atoms with Crippen LogP contribution in [0.3, 0.4) is 0 Å². The van der Waals surface area contributed by atoms with Crippen LogP contribution in [0.5, 0.6) is 5.75 Å². The van der Waals surface area contributed by atoms with Crippen LogP contribution < -0.4 is 4.74 Å². The molecule has 1 amide bonds. The molecule has 1 atom stereocenters. The van der Waals surface area contributed by atoms with E-state index in [0.29, 0.717) is 29.3 Å². The minimum Gasteiger partial charge on any atom is -0.491 e. The predicted molar refractivity (Wildman–Crippen MR) is 125 cm³/mol. The molecule has 0 saturated carbocycles. The summed E-state index contributed by atoms with van der Waals surface area (Å²) >= 11 is 1.46. The molecule has 0 N–H and O–H groups in total. The largest absolute Gasteiger partial charge is 0.491 e. The van der Waals surface area contributed by atoms with Crippen LogP contribution in [0.4, 0.5) is 4.79 Å². The van der Waals surface area contributed by atoms with Gasteiger partial charge in [0.05, 0.1) is 18.1 Å². The molecule has 0 fully saturated rings. The van der Waals surface area contributed by atoms with Crippen LogP contribution in [-0.4, -0.2) is 42.1 Å². The third kappa shape index (κ3) is 3.88. The Labute approximate surface area is 192 Å². The highest BCUT2D eigenvalue weighted by atomic mass is 32.2. The van der Waals surface area contributed by atoms with Crippen LogP contribution in [0.1, 0.15) is 49.1 Å². The predicted octanol–water partition coefficient (Wildman–Crippen LogP) is 5.25. The maximum Gasteiger partial charge on any atom is 0.410 e. The number of hydrogen-bond acceptors (Lipinski definition) is 6.